The van der Waals surface area contributed by atoms with Crippen molar-refractivity contribution in [3.8, 4) is 0 Å². The summed E-state index contributed by atoms with van der Waals surface area (Å²) in [5, 5.41) is 0. The van der Waals surface area contributed by atoms with Crippen molar-refractivity contribution in [3.05, 3.63) is 24.0 Å². The minimum Gasteiger partial charge on any atom is -0.369 e. The van der Waals surface area contributed by atoms with E-state index < -0.39 is 0 Å². The molecule has 3 aliphatic rings. The molecule has 0 aromatic carbocycles. The number of pyridine rings is 1. The highest BCUT2D eigenvalue weighted by Crippen LogP contribution is 2.46. The van der Waals surface area contributed by atoms with E-state index in [-0.39, 0.29) is 0 Å². The molecule has 138 valence electrons. The van der Waals surface area contributed by atoms with Crippen LogP contribution in [0.2, 0.25) is 0 Å². The van der Waals surface area contributed by atoms with E-state index in [4.69, 9.17) is 0 Å². The summed E-state index contributed by atoms with van der Waals surface area (Å²) in [5.74, 6) is 0.918. The molecule has 0 unspecified atom stereocenters. The van der Waals surface area contributed by atoms with Crippen molar-refractivity contribution < 1.29 is 0 Å². The number of anilines is 1. The second-order valence-corrected chi connectivity index (χ2v) is 8.64. The molecule has 0 aliphatic carbocycles. The number of nitrogens with zero attached hydrogens (tertiary/aromatic N) is 4. The monoisotopic (exact) mass is 342 g/mol. The first-order valence-corrected chi connectivity index (χ1v) is 10.3. The maximum Gasteiger partial charge on any atom is 0.0591 e. The number of aromatic nitrogens is 1. The van der Waals surface area contributed by atoms with E-state index in [2.05, 4.69) is 45.9 Å². The number of hydrogen-bond donors (Lipinski definition) is 0. The zero-order valence-electron chi connectivity index (χ0n) is 16.1. The van der Waals surface area contributed by atoms with Gasteiger partial charge in [0.15, 0.2) is 0 Å². The summed E-state index contributed by atoms with van der Waals surface area (Å²) >= 11 is 0. The number of piperidine rings is 2. The van der Waals surface area contributed by atoms with Gasteiger partial charge in [0.05, 0.1) is 11.9 Å². The van der Waals surface area contributed by atoms with E-state index in [1.807, 2.05) is 6.20 Å². The van der Waals surface area contributed by atoms with Crippen LogP contribution in [-0.4, -0.2) is 67.6 Å². The first-order chi connectivity index (χ1) is 12.2. The van der Waals surface area contributed by atoms with Gasteiger partial charge in [-0.1, -0.05) is 6.92 Å². The summed E-state index contributed by atoms with van der Waals surface area (Å²) in [7, 11) is 2.26. The molecule has 3 aliphatic heterocycles. The largest absolute Gasteiger partial charge is 0.369 e. The predicted molar refractivity (Wildman–Crippen MR) is 104 cm³/mol. The molecule has 0 saturated carbocycles. The fourth-order valence-corrected chi connectivity index (χ4v) is 5.29. The smallest absolute Gasteiger partial charge is 0.0591 e. The van der Waals surface area contributed by atoms with Gasteiger partial charge in [-0.3, -0.25) is 4.98 Å². The molecule has 4 rings (SSSR count). The van der Waals surface area contributed by atoms with E-state index in [0.717, 1.165) is 5.92 Å². The molecule has 4 heteroatoms. The lowest BCUT2D eigenvalue weighted by atomic mass is 9.74. The molecule has 0 bridgehead atoms. The summed E-state index contributed by atoms with van der Waals surface area (Å²) in [6.07, 6.45) is 10.7. The normalized spacial score (nSPS) is 24.8. The molecule has 0 amide bonds. The molecule has 4 nitrogen and oxygen atoms in total. The first-order valence-electron chi connectivity index (χ1n) is 10.3. The van der Waals surface area contributed by atoms with E-state index in [1.165, 1.54) is 83.6 Å². The molecular weight excluding hydrogens is 308 g/mol. The highest BCUT2D eigenvalue weighted by Gasteiger charge is 2.44. The van der Waals surface area contributed by atoms with Crippen molar-refractivity contribution in [3.63, 3.8) is 0 Å². The second-order valence-electron chi connectivity index (χ2n) is 8.64. The van der Waals surface area contributed by atoms with Crippen LogP contribution in [0.3, 0.4) is 0 Å². The van der Waals surface area contributed by atoms with Crippen LogP contribution in [0.1, 0.15) is 44.6 Å². The number of rotatable bonds is 4. The Morgan fingerprint density at radius 3 is 2.64 bits per heavy atom. The van der Waals surface area contributed by atoms with Gasteiger partial charge in [-0.25, -0.2) is 0 Å². The molecule has 1 aromatic heterocycles. The molecular formula is C21H34N4. The highest BCUT2D eigenvalue weighted by atomic mass is 15.2. The lowest BCUT2D eigenvalue weighted by Crippen LogP contribution is -2.47. The molecule has 0 atom stereocenters. The highest BCUT2D eigenvalue weighted by molar-refractivity contribution is 5.61. The Morgan fingerprint density at radius 1 is 1.16 bits per heavy atom. The standard InChI is InChI=1S/C21H34N4/c1-3-10-25-17-21(19-4-9-22-15-20(19)25)7-13-24(14-8-21)16-18-5-11-23(2)12-6-18/h4,9,15,18H,3,5-8,10-14,16-17H2,1-2H3. The van der Waals surface area contributed by atoms with Crippen LogP contribution in [0.25, 0.3) is 0 Å². The lowest BCUT2D eigenvalue weighted by Gasteiger charge is -2.42. The molecule has 0 N–H and O–H groups in total. The Hall–Kier alpha value is -1.13. The van der Waals surface area contributed by atoms with Crippen molar-refractivity contribution in [2.75, 3.05) is 57.8 Å². The van der Waals surface area contributed by atoms with Crippen molar-refractivity contribution >= 4 is 5.69 Å². The molecule has 1 spiro atoms. The van der Waals surface area contributed by atoms with E-state index in [0.29, 0.717) is 5.41 Å². The molecule has 2 saturated heterocycles. The van der Waals surface area contributed by atoms with Crippen LogP contribution in [-0.2, 0) is 5.41 Å². The maximum atomic E-state index is 4.41. The quantitative estimate of drug-likeness (QED) is 0.839. The second kappa shape index (κ2) is 7.24. The van der Waals surface area contributed by atoms with E-state index >= 15 is 0 Å². The van der Waals surface area contributed by atoms with Crippen LogP contribution >= 0.6 is 0 Å². The van der Waals surface area contributed by atoms with Gasteiger partial charge in [-0.15, -0.1) is 0 Å². The SMILES string of the molecule is CCCN1CC2(CCN(CC3CCN(C)CC3)CC2)c2ccncc21. The molecule has 25 heavy (non-hydrogen) atoms. The summed E-state index contributed by atoms with van der Waals surface area (Å²) in [4.78, 5) is 12.2. The fourth-order valence-electron chi connectivity index (χ4n) is 5.29. The van der Waals surface area contributed by atoms with Crippen molar-refractivity contribution in [1.82, 2.24) is 14.8 Å². The van der Waals surface area contributed by atoms with Gasteiger partial charge in [-0.05, 0) is 82.9 Å². The van der Waals surface area contributed by atoms with Crippen LogP contribution in [0.4, 0.5) is 5.69 Å². The van der Waals surface area contributed by atoms with Crippen LogP contribution in [0.5, 0.6) is 0 Å². The number of hydrogen-bond acceptors (Lipinski definition) is 4. The summed E-state index contributed by atoms with van der Waals surface area (Å²) < 4.78 is 0. The predicted octanol–water partition coefficient (Wildman–Crippen LogP) is 2.99. The van der Waals surface area contributed by atoms with E-state index in [9.17, 15) is 0 Å². The van der Waals surface area contributed by atoms with Gasteiger partial charge in [0.25, 0.3) is 0 Å². The Morgan fingerprint density at radius 2 is 1.92 bits per heavy atom. The van der Waals surface area contributed by atoms with Gasteiger partial charge in [0.2, 0.25) is 0 Å². The average Bonchev–Trinajstić information content (AvgIpc) is 2.94. The molecule has 2 fully saturated rings. The van der Waals surface area contributed by atoms with Gasteiger partial charge >= 0.3 is 0 Å². The Bertz CT molecular complexity index is 571. The Kier molecular flexibility index (Phi) is 5.01. The van der Waals surface area contributed by atoms with Gasteiger partial charge in [0.1, 0.15) is 0 Å². The number of fused-ring (bicyclic) bond motifs is 2. The average molecular weight is 343 g/mol. The topological polar surface area (TPSA) is 22.6 Å². The fraction of sp³-hybridized carbons (Fsp3) is 0.762. The van der Waals surface area contributed by atoms with Crippen LogP contribution < -0.4 is 4.90 Å². The minimum atomic E-state index is 0.386. The maximum absolute atomic E-state index is 4.41. The summed E-state index contributed by atoms with van der Waals surface area (Å²) in [6.45, 7) is 11.1. The van der Waals surface area contributed by atoms with Crippen LogP contribution in [0.15, 0.2) is 18.5 Å². The van der Waals surface area contributed by atoms with Crippen molar-refractivity contribution in [2.45, 2.75) is 44.4 Å². The Balaban J connectivity index is 1.39. The summed E-state index contributed by atoms with van der Waals surface area (Å²) in [6, 6.07) is 2.30. The zero-order chi connectivity index (χ0) is 17.3. The van der Waals surface area contributed by atoms with Crippen LogP contribution in [0, 0.1) is 5.92 Å². The third kappa shape index (κ3) is 3.43. The number of likely N-dealkylation sites (tertiary alicyclic amines) is 2. The first kappa shape index (κ1) is 17.3. The zero-order valence-corrected chi connectivity index (χ0v) is 16.1. The van der Waals surface area contributed by atoms with Gasteiger partial charge in [0, 0.05) is 31.2 Å². The van der Waals surface area contributed by atoms with Crippen molar-refractivity contribution in [2.24, 2.45) is 5.92 Å². The molecule has 4 heterocycles. The minimum absolute atomic E-state index is 0.386. The molecule has 1 aromatic rings. The van der Waals surface area contributed by atoms with Gasteiger partial charge < -0.3 is 14.7 Å². The summed E-state index contributed by atoms with van der Waals surface area (Å²) in [5.41, 5.74) is 3.37. The van der Waals surface area contributed by atoms with Gasteiger partial charge in [-0.2, -0.15) is 0 Å². The van der Waals surface area contributed by atoms with E-state index in [1.54, 1.807) is 5.56 Å². The third-order valence-electron chi connectivity index (χ3n) is 6.87. The Labute approximate surface area is 153 Å². The van der Waals surface area contributed by atoms with Crippen molar-refractivity contribution in [1.29, 1.82) is 0 Å². The molecule has 0 radical (unpaired) electrons. The third-order valence-corrected chi connectivity index (χ3v) is 6.87. The lowest BCUT2D eigenvalue weighted by molar-refractivity contribution is 0.118.